The van der Waals surface area contributed by atoms with Crippen molar-refractivity contribution < 1.29 is 13.9 Å². The van der Waals surface area contributed by atoms with Gasteiger partial charge in [0, 0.05) is 6.92 Å². The third-order valence-corrected chi connectivity index (χ3v) is 5.88. The largest absolute Gasteiger partial charge is 0.494 e. The van der Waals surface area contributed by atoms with Crippen molar-refractivity contribution in [3.8, 4) is 22.6 Å². The van der Waals surface area contributed by atoms with Gasteiger partial charge in [-0.15, -0.1) is 0 Å². The molecule has 0 spiro atoms. The van der Waals surface area contributed by atoms with E-state index in [0.717, 1.165) is 63.4 Å². The van der Waals surface area contributed by atoms with Crippen LogP contribution in [0.5, 0.6) is 11.5 Å². The SMILES string of the molecule is CCCCCCCCOc1ccc(-c2cc(OCC)c3c(C)oc(C)c3c(=[O+]CC)c2)cc1. The monoisotopic (exact) mass is 451 g/mol. The van der Waals surface area contributed by atoms with Crippen LogP contribution < -0.4 is 14.9 Å². The zero-order chi connectivity index (χ0) is 23.6. The van der Waals surface area contributed by atoms with Gasteiger partial charge in [0.1, 0.15) is 28.4 Å². The third kappa shape index (κ3) is 6.40. The van der Waals surface area contributed by atoms with Gasteiger partial charge in [0.15, 0.2) is 0 Å². The van der Waals surface area contributed by atoms with Crippen molar-refractivity contribution in [2.24, 2.45) is 0 Å². The quantitative estimate of drug-likeness (QED) is 0.209. The van der Waals surface area contributed by atoms with Crippen LogP contribution >= 0.6 is 0 Å². The predicted molar refractivity (Wildman–Crippen MR) is 138 cm³/mol. The Labute approximate surface area is 198 Å². The molecular formula is C29H39O4+. The molecule has 3 rings (SSSR count). The maximum atomic E-state index is 6.05. The fraction of sp³-hybridized carbons (Fsp3) is 0.483. The molecule has 0 N–H and O–H groups in total. The summed E-state index contributed by atoms with van der Waals surface area (Å²) in [5.74, 6) is 3.40. The zero-order valence-corrected chi connectivity index (χ0v) is 21.0. The van der Waals surface area contributed by atoms with Crippen LogP contribution in [0.4, 0.5) is 0 Å². The van der Waals surface area contributed by atoms with Gasteiger partial charge in [-0.1, -0.05) is 51.2 Å². The summed E-state index contributed by atoms with van der Waals surface area (Å²) in [4.78, 5) is 0. The molecule has 0 fully saturated rings. The van der Waals surface area contributed by atoms with Crippen molar-refractivity contribution in [3.05, 3.63) is 57.8 Å². The molecule has 4 heteroatoms. The van der Waals surface area contributed by atoms with Crippen molar-refractivity contribution >= 4 is 10.8 Å². The van der Waals surface area contributed by atoms with Crippen LogP contribution in [-0.2, 0) is 0 Å². The van der Waals surface area contributed by atoms with E-state index in [4.69, 9.17) is 18.3 Å². The second-order valence-corrected chi connectivity index (χ2v) is 8.44. The second kappa shape index (κ2) is 12.5. The molecule has 4 nitrogen and oxygen atoms in total. The molecule has 3 aromatic rings. The van der Waals surface area contributed by atoms with Gasteiger partial charge < -0.3 is 13.9 Å². The number of fused-ring (bicyclic) bond motifs is 1. The smallest absolute Gasteiger partial charge is 0.355 e. The van der Waals surface area contributed by atoms with Gasteiger partial charge in [0.2, 0.25) is 0 Å². The third-order valence-electron chi connectivity index (χ3n) is 5.88. The van der Waals surface area contributed by atoms with Gasteiger partial charge in [-0.25, -0.2) is 0 Å². The zero-order valence-electron chi connectivity index (χ0n) is 21.0. The Hall–Kier alpha value is -2.75. The number of furan rings is 1. The van der Waals surface area contributed by atoms with Crippen LogP contribution in [0.1, 0.15) is 70.8 Å². The standard InChI is InChI=1S/C29H39O4/c1-6-9-10-11-12-13-18-32-25-16-14-23(15-17-25)24-19-26(30-7-2)28-21(4)33-22(5)29(28)27(20-24)31-8-3/h14-17,19-20H,6-13,18H2,1-5H3/q+1. The van der Waals surface area contributed by atoms with E-state index in [0.29, 0.717) is 13.2 Å². The minimum absolute atomic E-state index is 0.581. The first-order valence-corrected chi connectivity index (χ1v) is 12.5. The summed E-state index contributed by atoms with van der Waals surface area (Å²) in [5.41, 5.74) is 2.94. The minimum atomic E-state index is 0.581. The van der Waals surface area contributed by atoms with Crippen molar-refractivity contribution in [2.75, 3.05) is 19.8 Å². The Kier molecular flexibility index (Phi) is 9.41. The Morgan fingerprint density at radius 1 is 0.758 bits per heavy atom. The molecule has 1 aromatic heterocycles. The topological polar surface area (TPSA) is 42.9 Å². The maximum absolute atomic E-state index is 6.05. The molecule has 0 radical (unpaired) electrons. The molecule has 0 saturated carbocycles. The van der Waals surface area contributed by atoms with E-state index in [1.54, 1.807) is 0 Å². The van der Waals surface area contributed by atoms with Crippen molar-refractivity contribution in [1.29, 1.82) is 0 Å². The predicted octanol–water partition coefficient (Wildman–Crippen LogP) is 7.77. The van der Waals surface area contributed by atoms with Crippen molar-refractivity contribution in [1.82, 2.24) is 0 Å². The number of rotatable bonds is 12. The molecule has 1 heterocycles. The highest BCUT2D eigenvalue weighted by Crippen LogP contribution is 2.34. The molecule has 0 bridgehead atoms. The van der Waals surface area contributed by atoms with Gasteiger partial charge in [0.05, 0.1) is 24.7 Å². The van der Waals surface area contributed by atoms with E-state index in [-0.39, 0.29) is 0 Å². The number of ether oxygens (including phenoxy) is 2. The van der Waals surface area contributed by atoms with E-state index in [9.17, 15) is 0 Å². The average Bonchev–Trinajstić information content (AvgIpc) is 3.00. The first kappa shape index (κ1) is 24.9. The molecule has 0 amide bonds. The van der Waals surface area contributed by atoms with Crippen LogP contribution in [0.2, 0.25) is 0 Å². The molecule has 0 aliphatic heterocycles. The normalized spacial score (nSPS) is 11.8. The number of hydrogen-bond donors (Lipinski definition) is 0. The van der Waals surface area contributed by atoms with Gasteiger partial charge in [-0.05, 0) is 56.5 Å². The lowest BCUT2D eigenvalue weighted by Crippen LogP contribution is -2.01. The summed E-state index contributed by atoms with van der Waals surface area (Å²) < 4.78 is 24.0. The van der Waals surface area contributed by atoms with Crippen LogP contribution in [0, 0.1) is 13.8 Å². The second-order valence-electron chi connectivity index (χ2n) is 8.44. The number of unbranched alkanes of at least 4 members (excludes halogenated alkanes) is 5. The van der Waals surface area contributed by atoms with Crippen LogP contribution in [0.3, 0.4) is 0 Å². The molecule has 0 atom stereocenters. The molecule has 0 saturated heterocycles. The maximum Gasteiger partial charge on any atom is 0.355 e. The average molecular weight is 452 g/mol. The number of benzene rings is 1. The lowest BCUT2D eigenvalue weighted by molar-refractivity contribution is 0.304. The van der Waals surface area contributed by atoms with Crippen LogP contribution in [0.25, 0.3) is 21.9 Å². The van der Waals surface area contributed by atoms with Crippen LogP contribution in [0.15, 0.2) is 45.2 Å². The highest BCUT2D eigenvalue weighted by molar-refractivity contribution is 5.93. The fourth-order valence-electron chi connectivity index (χ4n) is 4.27. The molecule has 0 unspecified atom stereocenters. The van der Waals surface area contributed by atoms with Gasteiger partial charge in [0.25, 0.3) is 6.61 Å². The molecule has 2 aromatic carbocycles. The number of hydrogen-bond acceptors (Lipinski definition) is 3. The van der Waals surface area contributed by atoms with E-state index in [1.807, 2.05) is 39.8 Å². The summed E-state index contributed by atoms with van der Waals surface area (Å²) in [6, 6.07) is 12.5. The number of aryl methyl sites for hydroxylation is 2. The van der Waals surface area contributed by atoms with Crippen LogP contribution in [-0.4, -0.2) is 19.8 Å². The molecule has 0 aliphatic rings. The minimum Gasteiger partial charge on any atom is -0.494 e. The molecule has 0 aliphatic carbocycles. The summed E-state index contributed by atoms with van der Waals surface area (Å²) in [5, 5.41) is 1.95. The summed E-state index contributed by atoms with van der Waals surface area (Å²) in [7, 11) is 0. The highest BCUT2D eigenvalue weighted by Gasteiger charge is 2.19. The van der Waals surface area contributed by atoms with Gasteiger partial charge in [-0.3, -0.25) is 4.42 Å². The fourth-order valence-corrected chi connectivity index (χ4v) is 4.27. The van der Waals surface area contributed by atoms with E-state index in [1.165, 1.54) is 32.1 Å². The van der Waals surface area contributed by atoms with E-state index in [2.05, 4.69) is 31.2 Å². The lowest BCUT2D eigenvalue weighted by atomic mass is 10.1. The lowest BCUT2D eigenvalue weighted by Gasteiger charge is -2.08. The summed E-state index contributed by atoms with van der Waals surface area (Å²) >= 11 is 0. The highest BCUT2D eigenvalue weighted by atomic mass is 16.5. The summed E-state index contributed by atoms with van der Waals surface area (Å²) in [6.07, 6.45) is 7.59. The Balaban J connectivity index is 1.87. The molecule has 33 heavy (non-hydrogen) atoms. The van der Waals surface area contributed by atoms with Crippen molar-refractivity contribution in [3.63, 3.8) is 0 Å². The Morgan fingerprint density at radius 3 is 2.15 bits per heavy atom. The Bertz CT molecular complexity index is 1090. The molecular weight excluding hydrogens is 412 g/mol. The van der Waals surface area contributed by atoms with Gasteiger partial charge in [-0.2, -0.15) is 0 Å². The first-order valence-electron chi connectivity index (χ1n) is 12.5. The first-order chi connectivity index (χ1) is 16.1. The van der Waals surface area contributed by atoms with E-state index < -0.39 is 0 Å². The summed E-state index contributed by atoms with van der Waals surface area (Å²) in [6.45, 7) is 12.1. The molecule has 178 valence electrons. The van der Waals surface area contributed by atoms with Gasteiger partial charge >= 0.3 is 5.43 Å². The van der Waals surface area contributed by atoms with E-state index >= 15 is 0 Å². The Morgan fingerprint density at radius 2 is 1.45 bits per heavy atom. The van der Waals surface area contributed by atoms with Crippen molar-refractivity contribution in [2.45, 2.75) is 73.1 Å².